The van der Waals surface area contributed by atoms with Crippen molar-refractivity contribution in [3.05, 3.63) is 22.7 Å². The van der Waals surface area contributed by atoms with Crippen molar-refractivity contribution in [1.82, 2.24) is 9.97 Å². The van der Waals surface area contributed by atoms with Crippen molar-refractivity contribution >= 4 is 17.7 Å². The molecule has 0 radical (unpaired) electrons. The summed E-state index contributed by atoms with van der Waals surface area (Å²) >= 11 is 0. The Bertz CT molecular complexity index is 440. The van der Waals surface area contributed by atoms with Gasteiger partial charge in [0.25, 0.3) is 0 Å². The maximum absolute atomic E-state index is 11.3. The molecule has 7 nitrogen and oxygen atoms in total. The molecule has 1 amide bonds. The molecule has 0 unspecified atom stereocenters. The van der Waals surface area contributed by atoms with Crippen LogP contribution in [0.4, 0.5) is 5.82 Å². The van der Waals surface area contributed by atoms with Crippen LogP contribution in [0.1, 0.15) is 12.8 Å². The van der Waals surface area contributed by atoms with Gasteiger partial charge in [0.15, 0.2) is 0 Å². The minimum absolute atomic E-state index is 0.00233. The second-order valence-corrected chi connectivity index (χ2v) is 2.91. The summed E-state index contributed by atoms with van der Waals surface area (Å²) in [5, 5.41) is 2.42. The van der Waals surface area contributed by atoms with Crippen molar-refractivity contribution in [2.24, 2.45) is 0 Å². The van der Waals surface area contributed by atoms with E-state index in [2.05, 4.69) is 20.0 Å². The van der Waals surface area contributed by atoms with Gasteiger partial charge in [0.05, 0.1) is 13.5 Å². The zero-order chi connectivity index (χ0) is 12.0. The fourth-order valence-electron chi connectivity index (χ4n) is 0.972. The summed E-state index contributed by atoms with van der Waals surface area (Å²) < 4.78 is 4.38. The number of rotatable bonds is 4. The maximum atomic E-state index is 11.3. The molecule has 0 aliphatic rings. The molecule has 0 aliphatic heterocycles. The van der Waals surface area contributed by atoms with Crippen molar-refractivity contribution in [1.29, 1.82) is 0 Å². The number of esters is 1. The van der Waals surface area contributed by atoms with Gasteiger partial charge in [-0.25, -0.2) is 9.78 Å². The van der Waals surface area contributed by atoms with E-state index < -0.39 is 11.7 Å². The second-order valence-electron chi connectivity index (χ2n) is 2.91. The number of aromatic nitrogens is 2. The number of nitrogens with one attached hydrogen (secondary N) is 2. The van der Waals surface area contributed by atoms with E-state index in [9.17, 15) is 14.4 Å². The summed E-state index contributed by atoms with van der Waals surface area (Å²) in [6.07, 6.45) is 1.27. The fourth-order valence-corrected chi connectivity index (χ4v) is 0.972. The number of H-pyrrole nitrogens is 1. The minimum Gasteiger partial charge on any atom is -0.469 e. The predicted octanol–water partition coefficient (Wildman–Crippen LogP) is -0.338. The molecule has 0 aliphatic carbocycles. The molecule has 0 fully saturated rings. The second kappa shape index (κ2) is 5.64. The normalized spacial score (nSPS) is 9.56. The summed E-state index contributed by atoms with van der Waals surface area (Å²) in [5.41, 5.74) is -0.550. The first-order valence-corrected chi connectivity index (χ1v) is 4.54. The largest absolute Gasteiger partial charge is 0.469 e. The minimum atomic E-state index is -0.550. The van der Waals surface area contributed by atoms with Gasteiger partial charge >= 0.3 is 11.7 Å². The van der Waals surface area contributed by atoms with E-state index in [1.165, 1.54) is 19.4 Å². The van der Waals surface area contributed by atoms with Crippen LogP contribution in [0, 0.1) is 0 Å². The lowest BCUT2D eigenvalue weighted by atomic mass is 10.3. The summed E-state index contributed by atoms with van der Waals surface area (Å²) in [6.45, 7) is 0. The Morgan fingerprint density at radius 1 is 1.50 bits per heavy atom. The van der Waals surface area contributed by atoms with Crippen LogP contribution in [-0.4, -0.2) is 29.0 Å². The number of carbonyl (C=O) groups is 2. The first-order valence-electron chi connectivity index (χ1n) is 4.54. The molecule has 1 aromatic heterocycles. The van der Waals surface area contributed by atoms with E-state index in [1.54, 1.807) is 0 Å². The zero-order valence-corrected chi connectivity index (χ0v) is 8.65. The summed E-state index contributed by atoms with van der Waals surface area (Å²) in [5.74, 6) is -0.597. The van der Waals surface area contributed by atoms with Gasteiger partial charge in [0, 0.05) is 12.6 Å². The molecule has 1 heterocycles. The van der Waals surface area contributed by atoms with Crippen molar-refractivity contribution in [2.45, 2.75) is 12.8 Å². The van der Waals surface area contributed by atoms with Gasteiger partial charge < -0.3 is 10.1 Å². The Hall–Kier alpha value is -2.18. The van der Waals surface area contributed by atoms with Crippen LogP contribution in [0.25, 0.3) is 0 Å². The molecule has 0 bridgehead atoms. The molecule has 16 heavy (non-hydrogen) atoms. The highest BCUT2D eigenvalue weighted by atomic mass is 16.5. The number of methoxy groups -OCH3 is 1. The van der Waals surface area contributed by atoms with Gasteiger partial charge in [-0.05, 0) is 6.07 Å². The fraction of sp³-hybridized carbons (Fsp3) is 0.333. The first kappa shape index (κ1) is 11.9. The van der Waals surface area contributed by atoms with E-state index >= 15 is 0 Å². The maximum Gasteiger partial charge on any atom is 0.346 e. The Morgan fingerprint density at radius 2 is 2.25 bits per heavy atom. The van der Waals surface area contributed by atoms with Crippen LogP contribution >= 0.6 is 0 Å². The number of ether oxygens (including phenoxy) is 1. The predicted molar refractivity (Wildman–Crippen MR) is 54.7 cm³/mol. The number of hydrogen-bond donors (Lipinski definition) is 2. The summed E-state index contributed by atoms with van der Waals surface area (Å²) in [6, 6.07) is 1.44. The summed E-state index contributed by atoms with van der Waals surface area (Å²) in [7, 11) is 1.25. The quantitative estimate of drug-likeness (QED) is 0.683. The Balaban J connectivity index is 2.46. The van der Waals surface area contributed by atoms with E-state index in [4.69, 9.17) is 0 Å². The number of amides is 1. The zero-order valence-electron chi connectivity index (χ0n) is 8.65. The molecule has 0 saturated carbocycles. The molecule has 1 aromatic rings. The number of carbonyl (C=O) groups excluding carboxylic acids is 2. The summed E-state index contributed by atoms with van der Waals surface area (Å²) in [4.78, 5) is 38.6. The van der Waals surface area contributed by atoms with Crippen molar-refractivity contribution in [2.75, 3.05) is 12.4 Å². The molecule has 1 rings (SSSR count). The molecular formula is C9H11N3O4. The third kappa shape index (κ3) is 3.91. The highest BCUT2D eigenvalue weighted by Gasteiger charge is 2.07. The lowest BCUT2D eigenvalue weighted by molar-refractivity contribution is -0.141. The van der Waals surface area contributed by atoms with Crippen molar-refractivity contribution in [3.63, 3.8) is 0 Å². The average Bonchev–Trinajstić information content (AvgIpc) is 2.26. The monoisotopic (exact) mass is 225 g/mol. The number of nitrogens with zero attached hydrogens (tertiary/aromatic N) is 1. The third-order valence-corrected chi connectivity index (χ3v) is 1.73. The molecular weight excluding hydrogens is 214 g/mol. The lowest BCUT2D eigenvalue weighted by Crippen LogP contribution is -2.18. The average molecular weight is 225 g/mol. The molecule has 2 N–H and O–H groups in total. The van der Waals surface area contributed by atoms with Crippen LogP contribution in [0.2, 0.25) is 0 Å². The van der Waals surface area contributed by atoms with Crippen LogP contribution in [0.15, 0.2) is 17.1 Å². The topological polar surface area (TPSA) is 101 Å². The SMILES string of the molecule is COC(=O)CCC(=O)Nc1ccnc(=O)[nH]1. The molecule has 86 valence electrons. The molecule has 7 heteroatoms. The van der Waals surface area contributed by atoms with Gasteiger partial charge in [-0.1, -0.05) is 0 Å². The van der Waals surface area contributed by atoms with E-state index in [0.717, 1.165) is 0 Å². The van der Waals surface area contributed by atoms with Gasteiger partial charge in [0.1, 0.15) is 5.82 Å². The van der Waals surface area contributed by atoms with E-state index in [-0.39, 0.29) is 24.6 Å². The van der Waals surface area contributed by atoms with Crippen molar-refractivity contribution in [3.8, 4) is 0 Å². The third-order valence-electron chi connectivity index (χ3n) is 1.73. The first-order chi connectivity index (χ1) is 7.61. The number of anilines is 1. The smallest absolute Gasteiger partial charge is 0.346 e. The number of hydrogen-bond acceptors (Lipinski definition) is 5. The van der Waals surface area contributed by atoms with Gasteiger partial charge in [-0.3, -0.25) is 14.6 Å². The lowest BCUT2D eigenvalue weighted by Gasteiger charge is -2.03. The molecule has 0 saturated heterocycles. The van der Waals surface area contributed by atoms with E-state index in [1.807, 2.05) is 0 Å². The van der Waals surface area contributed by atoms with Crippen molar-refractivity contribution < 1.29 is 14.3 Å². The van der Waals surface area contributed by atoms with Gasteiger partial charge in [-0.2, -0.15) is 0 Å². The Morgan fingerprint density at radius 3 is 2.88 bits per heavy atom. The van der Waals surface area contributed by atoms with Gasteiger partial charge in [-0.15, -0.1) is 0 Å². The standard InChI is InChI=1S/C9H11N3O4/c1-16-8(14)3-2-7(13)11-6-4-5-10-9(15)12-6/h4-5H,2-3H2,1H3,(H2,10,11,12,13,15). The Labute approximate surface area is 90.8 Å². The van der Waals surface area contributed by atoms with E-state index in [0.29, 0.717) is 0 Å². The van der Waals surface area contributed by atoms with Crippen LogP contribution < -0.4 is 11.0 Å². The highest BCUT2D eigenvalue weighted by Crippen LogP contribution is 1.99. The molecule has 0 atom stereocenters. The molecule has 0 spiro atoms. The van der Waals surface area contributed by atoms with Gasteiger partial charge in [0.2, 0.25) is 5.91 Å². The molecule has 0 aromatic carbocycles. The Kier molecular flexibility index (Phi) is 4.19. The van der Waals surface area contributed by atoms with Crippen LogP contribution in [-0.2, 0) is 14.3 Å². The number of aromatic amines is 1. The van der Waals surface area contributed by atoms with Crippen LogP contribution in [0.3, 0.4) is 0 Å². The van der Waals surface area contributed by atoms with Crippen LogP contribution in [0.5, 0.6) is 0 Å². The highest BCUT2D eigenvalue weighted by molar-refractivity contribution is 5.91.